The van der Waals surface area contributed by atoms with E-state index in [4.69, 9.17) is 25.8 Å². The minimum absolute atomic E-state index is 0.258. The van der Waals surface area contributed by atoms with Crippen LogP contribution in [0.15, 0.2) is 30.6 Å². The van der Waals surface area contributed by atoms with E-state index in [-0.39, 0.29) is 12.1 Å². The van der Waals surface area contributed by atoms with Gasteiger partial charge in [0, 0.05) is 23.5 Å². The monoisotopic (exact) mass is 501 g/mol. The van der Waals surface area contributed by atoms with E-state index in [2.05, 4.69) is 25.9 Å². The van der Waals surface area contributed by atoms with Crippen molar-refractivity contribution in [2.75, 3.05) is 42.5 Å². The molecule has 34 heavy (non-hydrogen) atoms. The standard InChI is InChI=1S/C23H24ClN5O4S/c1-34-9-8-31-18-11-17-19(21-20(18)32-6-7-33-21)22(26-12-25-17)27-14-4-5-16(15(24)10-14)29-23(30)28-13-2-3-13/h4-5,10-13H,2-3,6-9H2,1H3,(H,25,26,27)(H2,28,29,30). The zero-order valence-electron chi connectivity index (χ0n) is 18.5. The molecule has 9 nitrogen and oxygen atoms in total. The lowest BCUT2D eigenvalue weighted by molar-refractivity contribution is 0.165. The molecule has 3 N–H and O–H groups in total. The molecule has 2 aromatic carbocycles. The molecule has 0 unspecified atom stereocenters. The van der Waals surface area contributed by atoms with E-state index in [1.54, 1.807) is 23.9 Å². The first kappa shape index (κ1) is 22.7. The summed E-state index contributed by atoms with van der Waals surface area (Å²) < 4.78 is 17.8. The van der Waals surface area contributed by atoms with Gasteiger partial charge in [-0.2, -0.15) is 11.8 Å². The van der Waals surface area contributed by atoms with Crippen LogP contribution in [0, 0.1) is 0 Å². The topological polar surface area (TPSA) is 107 Å². The Labute approximate surface area is 205 Å². The number of aromatic nitrogens is 2. The van der Waals surface area contributed by atoms with Crippen molar-refractivity contribution < 1.29 is 19.0 Å². The minimum Gasteiger partial charge on any atom is -0.489 e. The molecule has 0 radical (unpaired) electrons. The fourth-order valence-electron chi connectivity index (χ4n) is 3.55. The quantitative estimate of drug-likeness (QED) is 0.377. The van der Waals surface area contributed by atoms with E-state index < -0.39 is 0 Å². The lowest BCUT2D eigenvalue weighted by Crippen LogP contribution is -2.30. The van der Waals surface area contributed by atoms with E-state index in [1.165, 1.54) is 6.33 Å². The molecular weight excluding hydrogens is 478 g/mol. The highest BCUT2D eigenvalue weighted by Crippen LogP contribution is 2.47. The van der Waals surface area contributed by atoms with Gasteiger partial charge in [-0.1, -0.05) is 11.6 Å². The molecule has 0 bridgehead atoms. The number of urea groups is 1. The maximum absolute atomic E-state index is 12.0. The van der Waals surface area contributed by atoms with Crippen LogP contribution in [0.3, 0.4) is 0 Å². The molecule has 1 aromatic heterocycles. The molecule has 0 atom stereocenters. The van der Waals surface area contributed by atoms with Gasteiger partial charge >= 0.3 is 6.03 Å². The number of carbonyl (C=O) groups excluding carboxylic acids is 1. The number of thioether (sulfide) groups is 1. The molecular formula is C23H24ClN5O4S. The average Bonchev–Trinajstić information content (AvgIpc) is 3.65. The molecule has 0 spiro atoms. The first-order valence-corrected chi connectivity index (χ1v) is 12.7. The van der Waals surface area contributed by atoms with E-state index in [1.807, 2.05) is 18.4 Å². The fourth-order valence-corrected chi connectivity index (χ4v) is 4.03. The Bertz CT molecular complexity index is 1220. The van der Waals surface area contributed by atoms with Crippen LogP contribution in [0.5, 0.6) is 17.2 Å². The Morgan fingerprint density at radius 1 is 1.21 bits per heavy atom. The number of rotatable bonds is 8. The number of carbonyl (C=O) groups is 1. The number of halogens is 1. The van der Waals surface area contributed by atoms with Crippen LogP contribution in [0.1, 0.15) is 12.8 Å². The summed E-state index contributed by atoms with van der Waals surface area (Å²) in [6, 6.07) is 7.13. The number of amides is 2. The summed E-state index contributed by atoms with van der Waals surface area (Å²) in [5.74, 6) is 3.11. The van der Waals surface area contributed by atoms with Crippen LogP contribution in [0.2, 0.25) is 5.02 Å². The number of anilines is 3. The molecule has 1 saturated carbocycles. The van der Waals surface area contributed by atoms with Gasteiger partial charge in [0.05, 0.1) is 28.2 Å². The van der Waals surface area contributed by atoms with Gasteiger partial charge in [0.25, 0.3) is 0 Å². The van der Waals surface area contributed by atoms with Gasteiger partial charge in [-0.3, -0.25) is 0 Å². The van der Waals surface area contributed by atoms with Gasteiger partial charge < -0.3 is 30.2 Å². The van der Waals surface area contributed by atoms with E-state index >= 15 is 0 Å². The molecule has 0 saturated heterocycles. The number of nitrogens with zero attached hydrogens (tertiary/aromatic N) is 2. The highest BCUT2D eigenvalue weighted by molar-refractivity contribution is 7.98. The summed E-state index contributed by atoms with van der Waals surface area (Å²) in [6.07, 6.45) is 5.54. The zero-order valence-corrected chi connectivity index (χ0v) is 20.1. The number of hydrogen-bond acceptors (Lipinski definition) is 8. The van der Waals surface area contributed by atoms with Gasteiger partial charge in [-0.25, -0.2) is 14.8 Å². The Morgan fingerprint density at radius 3 is 2.79 bits per heavy atom. The van der Waals surface area contributed by atoms with Crippen molar-refractivity contribution in [3.63, 3.8) is 0 Å². The Morgan fingerprint density at radius 2 is 2.03 bits per heavy atom. The predicted molar refractivity (Wildman–Crippen MR) is 134 cm³/mol. The summed E-state index contributed by atoms with van der Waals surface area (Å²) in [5, 5.41) is 10.0. The van der Waals surface area contributed by atoms with Crippen LogP contribution in [0.25, 0.3) is 10.9 Å². The van der Waals surface area contributed by atoms with Crippen LogP contribution >= 0.6 is 23.4 Å². The summed E-state index contributed by atoms with van der Waals surface area (Å²) in [6.45, 7) is 1.41. The fraction of sp³-hybridized carbons (Fsp3) is 0.348. The summed E-state index contributed by atoms with van der Waals surface area (Å²) >= 11 is 8.13. The van der Waals surface area contributed by atoms with Crippen molar-refractivity contribution >= 4 is 57.5 Å². The molecule has 11 heteroatoms. The third-order valence-electron chi connectivity index (χ3n) is 5.32. The number of hydrogen-bond donors (Lipinski definition) is 3. The SMILES string of the molecule is CSCCOc1cc2ncnc(Nc3ccc(NC(=O)NC4CC4)c(Cl)c3)c2c2c1OCCO2. The normalized spacial score (nSPS) is 14.5. The van der Waals surface area contributed by atoms with E-state index in [9.17, 15) is 4.79 Å². The second-order valence-electron chi connectivity index (χ2n) is 7.88. The highest BCUT2D eigenvalue weighted by atomic mass is 35.5. The Balaban J connectivity index is 1.42. The van der Waals surface area contributed by atoms with Crippen LogP contribution in [-0.2, 0) is 0 Å². The van der Waals surface area contributed by atoms with Gasteiger partial charge in [0.1, 0.15) is 25.4 Å². The molecule has 5 rings (SSSR count). The van der Waals surface area contributed by atoms with Crippen molar-refractivity contribution in [2.24, 2.45) is 0 Å². The first-order chi connectivity index (χ1) is 16.6. The van der Waals surface area contributed by atoms with Crippen molar-refractivity contribution in [1.29, 1.82) is 0 Å². The predicted octanol–water partition coefficient (Wildman–Crippen LogP) is 4.82. The maximum atomic E-state index is 12.0. The van der Waals surface area contributed by atoms with Gasteiger partial charge in [-0.05, 0) is 37.3 Å². The molecule has 1 fully saturated rings. The molecule has 3 aromatic rings. The van der Waals surface area contributed by atoms with Gasteiger partial charge in [0.2, 0.25) is 5.75 Å². The number of benzene rings is 2. The Hall–Kier alpha value is -3.11. The van der Waals surface area contributed by atoms with E-state index in [0.717, 1.165) is 18.6 Å². The maximum Gasteiger partial charge on any atom is 0.319 e. The second kappa shape index (κ2) is 10.0. The van der Waals surface area contributed by atoms with Crippen molar-refractivity contribution in [3.05, 3.63) is 35.6 Å². The molecule has 1 aliphatic carbocycles. The summed E-state index contributed by atoms with van der Waals surface area (Å²) in [7, 11) is 0. The zero-order chi connectivity index (χ0) is 23.5. The smallest absolute Gasteiger partial charge is 0.319 e. The first-order valence-electron chi connectivity index (χ1n) is 11.0. The lowest BCUT2D eigenvalue weighted by atomic mass is 10.1. The third kappa shape index (κ3) is 5.02. The van der Waals surface area contributed by atoms with Crippen LogP contribution in [0.4, 0.5) is 22.0 Å². The van der Waals surface area contributed by atoms with Crippen molar-refractivity contribution in [3.8, 4) is 17.2 Å². The van der Waals surface area contributed by atoms with Crippen molar-refractivity contribution in [1.82, 2.24) is 15.3 Å². The van der Waals surface area contributed by atoms with Gasteiger partial charge in [-0.15, -0.1) is 0 Å². The summed E-state index contributed by atoms with van der Waals surface area (Å²) in [5.41, 5.74) is 1.89. The average molecular weight is 502 g/mol. The molecule has 2 heterocycles. The number of ether oxygens (including phenoxy) is 3. The highest BCUT2D eigenvalue weighted by Gasteiger charge is 2.25. The minimum atomic E-state index is -0.258. The van der Waals surface area contributed by atoms with Crippen molar-refractivity contribution in [2.45, 2.75) is 18.9 Å². The molecule has 2 aliphatic rings. The van der Waals surface area contributed by atoms with Crippen LogP contribution < -0.4 is 30.2 Å². The Kier molecular flexibility index (Phi) is 6.68. The molecule has 2 amide bonds. The summed E-state index contributed by atoms with van der Waals surface area (Å²) in [4.78, 5) is 20.9. The third-order valence-corrected chi connectivity index (χ3v) is 6.20. The lowest BCUT2D eigenvalue weighted by Gasteiger charge is -2.23. The van der Waals surface area contributed by atoms with E-state index in [0.29, 0.717) is 70.2 Å². The molecule has 178 valence electrons. The van der Waals surface area contributed by atoms with Crippen LogP contribution in [-0.4, -0.2) is 53.9 Å². The molecule has 1 aliphatic heterocycles. The number of fused-ring (bicyclic) bond motifs is 3. The second-order valence-corrected chi connectivity index (χ2v) is 9.27. The largest absolute Gasteiger partial charge is 0.489 e. The van der Waals surface area contributed by atoms with Gasteiger partial charge in [0.15, 0.2) is 11.5 Å². The number of nitrogens with one attached hydrogen (secondary N) is 3.